The number of esters is 3. The molecule has 0 N–H and O–H groups in total. The molecular weight excluding hydrogens is 781 g/mol. The molecule has 0 spiro atoms. The highest BCUT2D eigenvalue weighted by molar-refractivity contribution is 5.71. The fourth-order valence-electron chi connectivity index (χ4n) is 7.79. The maximum absolute atomic E-state index is 12.8. The maximum atomic E-state index is 12.8. The second-order valence-electron chi connectivity index (χ2n) is 18.2. The smallest absolute Gasteiger partial charge is 0.306 e. The van der Waals surface area contributed by atoms with E-state index in [1.54, 1.807) is 0 Å². The largest absolute Gasteiger partial charge is 0.462 e. The average molecular weight is 883 g/mol. The molecule has 0 fully saturated rings. The molecule has 0 amide bonds. The van der Waals surface area contributed by atoms with Gasteiger partial charge in [-0.2, -0.15) is 0 Å². The van der Waals surface area contributed by atoms with Crippen molar-refractivity contribution >= 4 is 17.9 Å². The van der Waals surface area contributed by atoms with E-state index in [-0.39, 0.29) is 31.1 Å². The molecule has 366 valence electrons. The Kier molecular flexibility index (Phi) is 49.8. The summed E-state index contributed by atoms with van der Waals surface area (Å²) in [5.41, 5.74) is 0. The van der Waals surface area contributed by atoms with Crippen molar-refractivity contribution in [3.05, 3.63) is 48.6 Å². The van der Waals surface area contributed by atoms with Gasteiger partial charge in [0.15, 0.2) is 6.10 Å². The number of hydrogen-bond donors (Lipinski definition) is 0. The van der Waals surface area contributed by atoms with Crippen molar-refractivity contribution in [3.63, 3.8) is 0 Å². The molecule has 0 aliphatic carbocycles. The van der Waals surface area contributed by atoms with Gasteiger partial charge in [0.1, 0.15) is 13.2 Å². The van der Waals surface area contributed by atoms with E-state index in [0.29, 0.717) is 19.3 Å². The van der Waals surface area contributed by atoms with Crippen LogP contribution in [0.5, 0.6) is 0 Å². The van der Waals surface area contributed by atoms with E-state index in [1.807, 2.05) is 0 Å². The van der Waals surface area contributed by atoms with Crippen molar-refractivity contribution in [1.29, 1.82) is 0 Å². The Bertz CT molecular complexity index is 1110. The fraction of sp³-hybridized carbons (Fsp3) is 0.807. The van der Waals surface area contributed by atoms with Gasteiger partial charge in [-0.05, 0) is 64.2 Å². The maximum Gasteiger partial charge on any atom is 0.306 e. The predicted octanol–water partition coefficient (Wildman–Crippen LogP) is 17.9. The van der Waals surface area contributed by atoms with Crippen molar-refractivity contribution in [2.24, 2.45) is 0 Å². The summed E-state index contributed by atoms with van der Waals surface area (Å²) in [7, 11) is 0. The monoisotopic (exact) mass is 883 g/mol. The van der Waals surface area contributed by atoms with Crippen LogP contribution in [0.3, 0.4) is 0 Å². The van der Waals surface area contributed by atoms with Crippen LogP contribution in [-0.2, 0) is 28.6 Å². The van der Waals surface area contributed by atoms with Crippen molar-refractivity contribution in [2.45, 2.75) is 284 Å². The highest BCUT2D eigenvalue weighted by Crippen LogP contribution is 2.16. The van der Waals surface area contributed by atoms with Crippen LogP contribution in [-0.4, -0.2) is 37.2 Å². The van der Waals surface area contributed by atoms with E-state index < -0.39 is 6.10 Å². The Balaban J connectivity index is 4.33. The molecule has 0 rings (SSSR count). The first kappa shape index (κ1) is 60.4. The Labute approximate surface area is 390 Å². The summed E-state index contributed by atoms with van der Waals surface area (Å²) in [4.78, 5) is 38.0. The lowest BCUT2D eigenvalue weighted by Crippen LogP contribution is -2.30. The zero-order valence-electron chi connectivity index (χ0n) is 41.8. The van der Waals surface area contributed by atoms with Gasteiger partial charge in [0.05, 0.1) is 0 Å². The molecule has 6 heteroatoms. The molecule has 1 atom stereocenters. The summed E-state index contributed by atoms with van der Waals surface area (Å²) in [6.07, 6.45) is 62.4. The second kappa shape index (κ2) is 52.0. The van der Waals surface area contributed by atoms with Crippen LogP contribution < -0.4 is 0 Å². The molecule has 6 nitrogen and oxygen atoms in total. The number of carbonyl (C=O) groups excluding carboxylic acids is 3. The van der Waals surface area contributed by atoms with E-state index in [2.05, 4.69) is 69.4 Å². The normalized spacial score (nSPS) is 12.4. The van der Waals surface area contributed by atoms with Crippen molar-refractivity contribution in [3.8, 4) is 0 Å². The van der Waals surface area contributed by atoms with Crippen LogP contribution >= 0.6 is 0 Å². The standard InChI is InChI=1S/C57H102O6/c1-4-7-10-13-16-19-22-24-26-27-28-29-31-32-35-38-41-44-47-50-56(59)62-53-54(52-61-55(58)49-46-43-40-37-34-21-18-15-12-9-6-3)63-57(60)51-48-45-42-39-36-33-30-25-23-20-17-14-11-8-5-2/h8,11,14,17,20,23,27-28,54H,4-7,9-10,12-13,15-16,18-19,21-22,24-26,29-53H2,1-3H3/b11-8-,17-14-,23-20-,28-27-. The Morgan fingerprint density at radius 2 is 0.635 bits per heavy atom. The molecule has 0 aliphatic heterocycles. The molecule has 0 saturated carbocycles. The molecule has 0 saturated heterocycles. The van der Waals surface area contributed by atoms with Gasteiger partial charge < -0.3 is 14.2 Å². The van der Waals surface area contributed by atoms with E-state index >= 15 is 0 Å². The predicted molar refractivity (Wildman–Crippen MR) is 270 cm³/mol. The van der Waals surface area contributed by atoms with Gasteiger partial charge in [0.25, 0.3) is 0 Å². The first-order valence-electron chi connectivity index (χ1n) is 27.2. The highest BCUT2D eigenvalue weighted by Gasteiger charge is 2.19. The van der Waals surface area contributed by atoms with Gasteiger partial charge in [-0.25, -0.2) is 0 Å². The molecule has 1 unspecified atom stereocenters. The number of hydrogen-bond acceptors (Lipinski definition) is 6. The van der Waals surface area contributed by atoms with Gasteiger partial charge in [-0.1, -0.05) is 243 Å². The van der Waals surface area contributed by atoms with Gasteiger partial charge in [0, 0.05) is 19.3 Å². The number of allylic oxidation sites excluding steroid dienone is 8. The van der Waals surface area contributed by atoms with Crippen LogP contribution in [0.1, 0.15) is 278 Å². The van der Waals surface area contributed by atoms with Crippen molar-refractivity contribution in [1.82, 2.24) is 0 Å². The lowest BCUT2D eigenvalue weighted by molar-refractivity contribution is -0.167. The zero-order valence-corrected chi connectivity index (χ0v) is 41.8. The van der Waals surface area contributed by atoms with Gasteiger partial charge >= 0.3 is 17.9 Å². The first-order chi connectivity index (χ1) is 31.0. The topological polar surface area (TPSA) is 78.9 Å². The van der Waals surface area contributed by atoms with Crippen LogP contribution in [0.25, 0.3) is 0 Å². The molecular formula is C57H102O6. The third-order valence-electron chi connectivity index (χ3n) is 11.9. The van der Waals surface area contributed by atoms with Crippen LogP contribution in [0.15, 0.2) is 48.6 Å². The van der Waals surface area contributed by atoms with Crippen molar-refractivity contribution < 1.29 is 28.6 Å². The van der Waals surface area contributed by atoms with Crippen LogP contribution in [0.2, 0.25) is 0 Å². The number of ether oxygens (including phenoxy) is 3. The average Bonchev–Trinajstić information content (AvgIpc) is 3.28. The minimum absolute atomic E-state index is 0.0771. The summed E-state index contributed by atoms with van der Waals surface area (Å²) in [6.45, 7) is 6.51. The van der Waals surface area contributed by atoms with E-state index in [4.69, 9.17) is 14.2 Å². The van der Waals surface area contributed by atoms with Crippen LogP contribution in [0, 0.1) is 0 Å². The molecule has 0 heterocycles. The lowest BCUT2D eigenvalue weighted by Gasteiger charge is -2.18. The minimum Gasteiger partial charge on any atom is -0.462 e. The summed E-state index contributed by atoms with van der Waals surface area (Å²) in [5, 5.41) is 0. The van der Waals surface area contributed by atoms with Gasteiger partial charge in [-0.15, -0.1) is 0 Å². The highest BCUT2D eigenvalue weighted by atomic mass is 16.6. The van der Waals surface area contributed by atoms with E-state index in [1.165, 1.54) is 167 Å². The zero-order chi connectivity index (χ0) is 45.8. The minimum atomic E-state index is -0.778. The Hall–Kier alpha value is -2.63. The Morgan fingerprint density at radius 1 is 0.333 bits per heavy atom. The second-order valence-corrected chi connectivity index (χ2v) is 18.2. The summed E-state index contributed by atoms with van der Waals surface area (Å²) in [6, 6.07) is 0. The van der Waals surface area contributed by atoms with Gasteiger partial charge in [0.2, 0.25) is 0 Å². The van der Waals surface area contributed by atoms with E-state index in [0.717, 1.165) is 70.6 Å². The number of rotatable bonds is 49. The van der Waals surface area contributed by atoms with Gasteiger partial charge in [-0.3, -0.25) is 14.4 Å². The molecule has 0 aromatic carbocycles. The number of carbonyl (C=O) groups is 3. The van der Waals surface area contributed by atoms with E-state index in [9.17, 15) is 14.4 Å². The Morgan fingerprint density at radius 3 is 1.00 bits per heavy atom. The molecule has 63 heavy (non-hydrogen) atoms. The molecule has 0 aliphatic rings. The summed E-state index contributed by atoms with van der Waals surface area (Å²) < 4.78 is 16.8. The molecule has 0 aromatic heterocycles. The third-order valence-corrected chi connectivity index (χ3v) is 11.9. The number of unbranched alkanes of at least 4 members (excludes halogenated alkanes) is 32. The molecule has 0 bridgehead atoms. The SMILES string of the molecule is CC\C=C/C=C\C=C/CCCCCCCCCC(=O)OC(COC(=O)CCCCCCCCC/C=C\CCCCCCCCCC)COC(=O)CCCCCCCCCCCCC. The van der Waals surface area contributed by atoms with Crippen molar-refractivity contribution in [2.75, 3.05) is 13.2 Å². The van der Waals surface area contributed by atoms with Crippen LogP contribution in [0.4, 0.5) is 0 Å². The molecule has 0 aromatic rings. The first-order valence-corrected chi connectivity index (χ1v) is 27.2. The summed E-state index contributed by atoms with van der Waals surface area (Å²) >= 11 is 0. The summed E-state index contributed by atoms with van der Waals surface area (Å²) in [5.74, 6) is -0.885. The lowest BCUT2D eigenvalue weighted by atomic mass is 10.1. The fourth-order valence-corrected chi connectivity index (χ4v) is 7.79. The quantitative estimate of drug-likeness (QED) is 0.0199. The third kappa shape index (κ3) is 50.2. The molecule has 0 radical (unpaired) electrons.